The van der Waals surface area contributed by atoms with E-state index in [9.17, 15) is 10.4 Å². The molecule has 4 aliphatic rings. The number of aliphatic hydroxyl groups is 1. The maximum Gasteiger partial charge on any atom is 0.207 e. The quantitative estimate of drug-likeness (QED) is 0.609. The standard InChI is InChI=1S/C17H21NO4/c1-18-7-6-17-10-3-4-12(19)16(17)21-15-13(22-20)5-2-9(14(15)17)8-11(10)18/h2,5,10-12,16,19-20H,3-4,6-8H2,1H3/t10-,11+,12-,16-,17-/m0/s1. The molecule has 5 atom stereocenters. The molecule has 1 spiro atoms. The van der Waals surface area contributed by atoms with E-state index in [4.69, 9.17) is 4.74 Å². The molecule has 2 fully saturated rings. The Hall–Kier alpha value is -1.30. The van der Waals surface area contributed by atoms with E-state index < -0.39 is 6.10 Å². The molecule has 2 N–H and O–H groups in total. The van der Waals surface area contributed by atoms with Crippen molar-refractivity contribution >= 4 is 0 Å². The van der Waals surface area contributed by atoms with E-state index >= 15 is 0 Å². The highest BCUT2D eigenvalue weighted by Crippen LogP contribution is 2.63. The number of hydrogen-bond acceptors (Lipinski definition) is 5. The van der Waals surface area contributed by atoms with Crippen molar-refractivity contribution in [3.63, 3.8) is 0 Å². The van der Waals surface area contributed by atoms with Gasteiger partial charge in [-0.2, -0.15) is 0 Å². The average molecular weight is 303 g/mol. The monoisotopic (exact) mass is 303 g/mol. The van der Waals surface area contributed by atoms with Gasteiger partial charge in [0, 0.05) is 17.0 Å². The molecule has 5 nitrogen and oxygen atoms in total. The van der Waals surface area contributed by atoms with Crippen LogP contribution < -0.4 is 9.62 Å². The molecule has 2 aliphatic carbocycles. The third-order valence-corrected chi connectivity index (χ3v) is 6.65. The van der Waals surface area contributed by atoms with Gasteiger partial charge in [0.05, 0.1) is 6.10 Å². The lowest BCUT2D eigenvalue weighted by Crippen LogP contribution is -2.66. The van der Waals surface area contributed by atoms with Gasteiger partial charge in [-0.25, -0.2) is 5.26 Å². The molecular weight excluding hydrogens is 282 g/mol. The van der Waals surface area contributed by atoms with Gasteiger partial charge in [-0.15, -0.1) is 0 Å². The molecule has 1 aromatic carbocycles. The smallest absolute Gasteiger partial charge is 0.207 e. The van der Waals surface area contributed by atoms with Crippen LogP contribution in [0.4, 0.5) is 0 Å². The number of likely N-dealkylation sites (tertiary alicyclic amines) is 1. The van der Waals surface area contributed by atoms with Crippen molar-refractivity contribution in [2.45, 2.75) is 49.3 Å². The minimum Gasteiger partial charge on any atom is -0.482 e. The summed E-state index contributed by atoms with van der Waals surface area (Å²) in [5, 5.41) is 19.8. The second-order valence-corrected chi connectivity index (χ2v) is 7.35. The van der Waals surface area contributed by atoms with Crippen LogP contribution in [-0.4, -0.2) is 47.1 Å². The second-order valence-electron chi connectivity index (χ2n) is 7.35. The Bertz CT molecular complexity index is 648. The minimum absolute atomic E-state index is 0.105. The number of likely N-dealkylation sites (N-methyl/N-ethyl adjacent to an activating group) is 1. The van der Waals surface area contributed by atoms with Crippen LogP contribution in [-0.2, 0) is 11.8 Å². The molecule has 1 aromatic rings. The van der Waals surface area contributed by atoms with Gasteiger partial charge in [0.1, 0.15) is 6.10 Å². The summed E-state index contributed by atoms with van der Waals surface area (Å²) in [6.07, 6.45) is 3.21. The predicted molar refractivity (Wildman–Crippen MR) is 79.3 cm³/mol. The number of nitrogens with zero attached hydrogens (tertiary/aromatic N) is 1. The molecule has 0 aromatic heterocycles. The summed E-state index contributed by atoms with van der Waals surface area (Å²) < 4.78 is 6.19. The Morgan fingerprint density at radius 2 is 2.23 bits per heavy atom. The highest BCUT2D eigenvalue weighted by Gasteiger charge is 2.65. The number of hydrogen-bond donors (Lipinski definition) is 2. The number of benzene rings is 1. The second kappa shape index (κ2) is 4.16. The summed E-state index contributed by atoms with van der Waals surface area (Å²) in [5.41, 5.74) is 2.39. The van der Waals surface area contributed by atoms with E-state index in [1.54, 1.807) is 6.07 Å². The van der Waals surface area contributed by atoms with E-state index in [0.29, 0.717) is 23.5 Å². The summed E-state index contributed by atoms with van der Waals surface area (Å²) in [6, 6.07) is 4.36. The average Bonchev–Trinajstić information content (AvgIpc) is 2.88. The van der Waals surface area contributed by atoms with Gasteiger partial charge in [-0.1, -0.05) is 6.07 Å². The van der Waals surface area contributed by atoms with E-state index in [1.165, 1.54) is 11.1 Å². The van der Waals surface area contributed by atoms with Crippen LogP contribution >= 0.6 is 0 Å². The Morgan fingerprint density at radius 1 is 1.36 bits per heavy atom. The topological polar surface area (TPSA) is 62.2 Å². The molecule has 1 saturated heterocycles. The maximum atomic E-state index is 10.6. The lowest BCUT2D eigenvalue weighted by Gasteiger charge is -2.58. The molecule has 0 unspecified atom stereocenters. The number of aliphatic hydroxyl groups excluding tert-OH is 1. The molecule has 2 bridgehead atoms. The molecule has 2 aliphatic heterocycles. The van der Waals surface area contributed by atoms with Crippen LogP contribution in [0.25, 0.3) is 0 Å². The normalized spacial score (nSPS) is 41.8. The molecule has 118 valence electrons. The number of ether oxygens (including phenoxy) is 1. The molecule has 5 heteroatoms. The van der Waals surface area contributed by atoms with Crippen molar-refractivity contribution in [1.82, 2.24) is 4.90 Å². The fourth-order valence-electron chi connectivity index (χ4n) is 5.77. The van der Waals surface area contributed by atoms with Gasteiger partial charge in [0.25, 0.3) is 0 Å². The molecular formula is C17H21NO4. The first-order valence-electron chi connectivity index (χ1n) is 8.19. The Kier molecular flexibility index (Phi) is 2.49. The van der Waals surface area contributed by atoms with Crippen LogP contribution in [0.2, 0.25) is 0 Å². The SMILES string of the molecule is CN1CC[C@]23c4c5ccc(OO)c4O[C@H]2[C@@H](O)CC[C@H]3[C@H]1C5. The van der Waals surface area contributed by atoms with Crippen molar-refractivity contribution in [2.75, 3.05) is 13.6 Å². The first-order chi connectivity index (χ1) is 10.7. The van der Waals surface area contributed by atoms with Gasteiger partial charge >= 0.3 is 0 Å². The molecule has 22 heavy (non-hydrogen) atoms. The lowest BCUT2D eigenvalue weighted by atomic mass is 9.51. The zero-order chi connectivity index (χ0) is 15.1. The van der Waals surface area contributed by atoms with Gasteiger partial charge in [0.15, 0.2) is 5.75 Å². The van der Waals surface area contributed by atoms with Crippen molar-refractivity contribution in [2.24, 2.45) is 5.92 Å². The first-order valence-corrected chi connectivity index (χ1v) is 8.19. The number of rotatable bonds is 1. The Morgan fingerprint density at radius 3 is 3.05 bits per heavy atom. The molecule has 2 heterocycles. The lowest BCUT2D eigenvalue weighted by molar-refractivity contribution is -0.140. The highest BCUT2D eigenvalue weighted by atomic mass is 17.1. The van der Waals surface area contributed by atoms with Crippen molar-refractivity contribution < 1.29 is 20.0 Å². The highest BCUT2D eigenvalue weighted by molar-refractivity contribution is 5.61. The first kappa shape index (κ1) is 13.2. The molecule has 1 saturated carbocycles. The Balaban J connectivity index is 1.80. The van der Waals surface area contributed by atoms with Crippen molar-refractivity contribution in [1.29, 1.82) is 0 Å². The van der Waals surface area contributed by atoms with Gasteiger partial charge in [-0.05, 0) is 56.8 Å². The van der Waals surface area contributed by atoms with Crippen LogP contribution in [0, 0.1) is 5.92 Å². The summed E-state index contributed by atoms with van der Waals surface area (Å²) in [4.78, 5) is 7.03. The largest absolute Gasteiger partial charge is 0.482 e. The van der Waals surface area contributed by atoms with E-state index in [0.717, 1.165) is 32.2 Å². The van der Waals surface area contributed by atoms with Crippen LogP contribution in [0.5, 0.6) is 11.5 Å². The van der Waals surface area contributed by atoms with Crippen LogP contribution in [0.15, 0.2) is 12.1 Å². The van der Waals surface area contributed by atoms with E-state index in [-0.39, 0.29) is 11.5 Å². The predicted octanol–water partition coefficient (Wildman–Crippen LogP) is 1.57. The summed E-state index contributed by atoms with van der Waals surface area (Å²) in [5.74, 6) is 1.56. The fraction of sp³-hybridized carbons (Fsp3) is 0.647. The van der Waals surface area contributed by atoms with Gasteiger partial charge < -0.3 is 19.6 Å². The Labute approximate surface area is 129 Å². The number of piperidine rings is 1. The molecule has 5 rings (SSSR count). The fourth-order valence-corrected chi connectivity index (χ4v) is 5.77. The molecule has 0 amide bonds. The third kappa shape index (κ3) is 1.32. The zero-order valence-electron chi connectivity index (χ0n) is 12.7. The molecule has 0 radical (unpaired) electrons. The maximum absolute atomic E-state index is 10.6. The zero-order valence-corrected chi connectivity index (χ0v) is 12.7. The van der Waals surface area contributed by atoms with Crippen molar-refractivity contribution in [3.8, 4) is 11.5 Å². The van der Waals surface area contributed by atoms with E-state index in [2.05, 4.69) is 22.9 Å². The van der Waals surface area contributed by atoms with Crippen molar-refractivity contribution in [3.05, 3.63) is 23.3 Å². The van der Waals surface area contributed by atoms with E-state index in [1.807, 2.05) is 0 Å². The van der Waals surface area contributed by atoms with Crippen LogP contribution in [0.3, 0.4) is 0 Å². The van der Waals surface area contributed by atoms with Crippen LogP contribution in [0.1, 0.15) is 30.4 Å². The third-order valence-electron chi connectivity index (χ3n) is 6.65. The summed E-state index contributed by atoms with van der Waals surface area (Å²) >= 11 is 0. The summed E-state index contributed by atoms with van der Waals surface area (Å²) in [6.45, 7) is 1.02. The van der Waals surface area contributed by atoms with Gasteiger partial charge in [-0.3, -0.25) is 0 Å². The summed E-state index contributed by atoms with van der Waals surface area (Å²) in [7, 11) is 2.21. The van der Waals surface area contributed by atoms with Gasteiger partial charge in [0.2, 0.25) is 5.75 Å². The minimum atomic E-state index is -0.440.